The predicted octanol–water partition coefficient (Wildman–Crippen LogP) is 4.41. The highest BCUT2D eigenvalue weighted by Gasteiger charge is 2.27. The lowest BCUT2D eigenvalue weighted by molar-refractivity contribution is 0.0667. The van der Waals surface area contributed by atoms with Crippen molar-refractivity contribution in [3.8, 4) is 17.1 Å². The van der Waals surface area contributed by atoms with Gasteiger partial charge in [0.05, 0.1) is 18.2 Å². The number of amides is 2. The molecule has 0 bridgehead atoms. The second kappa shape index (κ2) is 8.99. The Morgan fingerprint density at radius 2 is 1.73 bits per heavy atom. The van der Waals surface area contributed by atoms with E-state index in [1.54, 1.807) is 52.2 Å². The smallest absolute Gasteiger partial charge is 0.289 e. The van der Waals surface area contributed by atoms with E-state index in [1.807, 2.05) is 18.2 Å². The van der Waals surface area contributed by atoms with Crippen molar-refractivity contribution in [3.63, 3.8) is 0 Å². The molecule has 0 aliphatic carbocycles. The highest BCUT2D eigenvalue weighted by Crippen LogP contribution is 2.25. The average Bonchev–Trinajstić information content (AvgIpc) is 3.61. The number of carbonyl (C=O) groups is 2. The molecule has 8 nitrogen and oxygen atoms in total. The van der Waals surface area contributed by atoms with Gasteiger partial charge in [0.25, 0.3) is 11.8 Å². The van der Waals surface area contributed by atoms with E-state index in [1.165, 1.54) is 6.26 Å². The molecule has 1 aromatic carbocycles. The molecule has 1 aliphatic rings. The molecule has 4 heterocycles. The van der Waals surface area contributed by atoms with Crippen LogP contribution < -0.4 is 5.32 Å². The van der Waals surface area contributed by atoms with Gasteiger partial charge in [-0.05, 0) is 61.4 Å². The molecule has 5 rings (SSSR count). The lowest BCUT2D eigenvalue weighted by Crippen LogP contribution is -2.46. The van der Waals surface area contributed by atoms with Gasteiger partial charge in [0, 0.05) is 30.2 Å². The van der Waals surface area contributed by atoms with Gasteiger partial charge >= 0.3 is 0 Å². The number of hydrogen-bond acceptors (Lipinski definition) is 5. The lowest BCUT2D eigenvalue weighted by Gasteiger charge is -2.31. The summed E-state index contributed by atoms with van der Waals surface area (Å²) in [6.45, 7) is 1.09. The van der Waals surface area contributed by atoms with Gasteiger partial charge in [-0.3, -0.25) is 9.59 Å². The molecule has 1 aliphatic heterocycles. The van der Waals surface area contributed by atoms with Crippen LogP contribution in [-0.4, -0.2) is 45.6 Å². The molecule has 2 amide bonds. The molecule has 4 aromatic rings. The molecule has 0 atom stereocenters. The van der Waals surface area contributed by atoms with Crippen molar-refractivity contribution in [1.82, 2.24) is 20.0 Å². The van der Waals surface area contributed by atoms with E-state index in [2.05, 4.69) is 10.4 Å². The number of nitrogens with zero attached hydrogens (tertiary/aromatic N) is 3. The summed E-state index contributed by atoms with van der Waals surface area (Å²) in [4.78, 5) is 27.2. The fourth-order valence-electron chi connectivity index (χ4n) is 3.91. The van der Waals surface area contributed by atoms with Crippen LogP contribution in [0.5, 0.6) is 0 Å². The molecule has 9 heteroatoms. The number of piperidine rings is 1. The first kappa shape index (κ1) is 21.1. The van der Waals surface area contributed by atoms with Crippen LogP contribution in [0.25, 0.3) is 17.1 Å². The number of halogens is 1. The van der Waals surface area contributed by atoms with Gasteiger partial charge in [0.15, 0.2) is 17.2 Å². The van der Waals surface area contributed by atoms with Crippen molar-refractivity contribution in [2.45, 2.75) is 18.9 Å². The van der Waals surface area contributed by atoms with Crippen LogP contribution in [0.15, 0.2) is 76.0 Å². The fourth-order valence-corrected chi connectivity index (χ4v) is 4.04. The summed E-state index contributed by atoms with van der Waals surface area (Å²) < 4.78 is 12.4. The van der Waals surface area contributed by atoms with Crippen LogP contribution in [-0.2, 0) is 0 Å². The Labute approximate surface area is 194 Å². The molecular formula is C24H21ClN4O4. The normalized spacial score (nSPS) is 14.4. The standard InChI is InChI=1S/C24H21ClN4O4/c25-16-5-7-18(8-6-16)29-20(21-3-1-13-32-21)15-19(27-29)23(30)26-17-9-11-28(12-10-17)24(31)22-4-2-14-33-22/h1-8,13-15,17H,9-12H2,(H,26,30). The molecule has 0 unspecified atom stereocenters. The van der Waals surface area contributed by atoms with E-state index in [-0.39, 0.29) is 23.6 Å². The number of nitrogens with one attached hydrogen (secondary N) is 1. The highest BCUT2D eigenvalue weighted by molar-refractivity contribution is 6.30. The third-order valence-electron chi connectivity index (χ3n) is 5.64. The third-order valence-corrected chi connectivity index (χ3v) is 5.89. The SMILES string of the molecule is O=C(NC1CCN(C(=O)c2ccco2)CC1)c1cc(-c2ccco2)n(-c2ccc(Cl)cc2)n1. The van der Waals surface area contributed by atoms with E-state index in [4.69, 9.17) is 20.4 Å². The van der Waals surface area contributed by atoms with Crippen molar-refractivity contribution in [1.29, 1.82) is 0 Å². The molecule has 1 fully saturated rings. The van der Waals surface area contributed by atoms with Gasteiger partial charge in [-0.25, -0.2) is 4.68 Å². The third kappa shape index (κ3) is 4.42. The van der Waals surface area contributed by atoms with Crippen LogP contribution in [0.4, 0.5) is 0 Å². The average molecular weight is 465 g/mol. The zero-order valence-corrected chi connectivity index (χ0v) is 18.4. The van der Waals surface area contributed by atoms with Gasteiger partial charge in [0.2, 0.25) is 0 Å². The van der Waals surface area contributed by atoms with Gasteiger partial charge in [0.1, 0.15) is 5.69 Å². The maximum absolute atomic E-state index is 13.0. The van der Waals surface area contributed by atoms with Gasteiger partial charge in [-0.2, -0.15) is 5.10 Å². The molecule has 1 saturated heterocycles. The molecule has 1 N–H and O–H groups in total. The number of likely N-dealkylation sites (tertiary alicyclic amines) is 1. The maximum Gasteiger partial charge on any atom is 0.289 e. The molecular weight excluding hydrogens is 444 g/mol. The summed E-state index contributed by atoms with van der Waals surface area (Å²) >= 11 is 6.02. The summed E-state index contributed by atoms with van der Waals surface area (Å²) in [6, 6.07) is 15.8. The van der Waals surface area contributed by atoms with Gasteiger partial charge < -0.3 is 19.1 Å². The van der Waals surface area contributed by atoms with Crippen molar-refractivity contribution in [2.75, 3.05) is 13.1 Å². The monoisotopic (exact) mass is 464 g/mol. The van der Waals surface area contributed by atoms with E-state index in [9.17, 15) is 9.59 Å². The molecule has 0 radical (unpaired) electrons. The van der Waals surface area contributed by atoms with Crippen molar-refractivity contribution >= 4 is 23.4 Å². The minimum absolute atomic E-state index is 0.0501. The van der Waals surface area contributed by atoms with Crippen molar-refractivity contribution in [2.24, 2.45) is 0 Å². The van der Waals surface area contributed by atoms with E-state index >= 15 is 0 Å². The Balaban J connectivity index is 1.30. The van der Waals surface area contributed by atoms with Crippen molar-refractivity contribution < 1.29 is 18.4 Å². The Kier molecular flexibility index (Phi) is 5.75. The van der Waals surface area contributed by atoms with Crippen molar-refractivity contribution in [3.05, 3.63) is 83.6 Å². The van der Waals surface area contributed by atoms with Crippen LogP contribution in [0.3, 0.4) is 0 Å². The number of hydrogen-bond donors (Lipinski definition) is 1. The topological polar surface area (TPSA) is 93.5 Å². The van der Waals surface area contributed by atoms with Crippen LogP contribution in [0.2, 0.25) is 5.02 Å². The summed E-state index contributed by atoms with van der Waals surface area (Å²) in [5.41, 5.74) is 1.70. The summed E-state index contributed by atoms with van der Waals surface area (Å²) in [5.74, 6) is 0.526. The lowest BCUT2D eigenvalue weighted by atomic mass is 10.0. The van der Waals surface area contributed by atoms with E-state index in [0.29, 0.717) is 48.2 Å². The number of carbonyl (C=O) groups excluding carboxylic acids is 2. The Morgan fingerprint density at radius 1 is 1.00 bits per heavy atom. The molecule has 3 aromatic heterocycles. The number of benzene rings is 1. The summed E-state index contributed by atoms with van der Waals surface area (Å²) in [6.07, 6.45) is 4.37. The van der Waals surface area contributed by atoms with Crippen LogP contribution in [0.1, 0.15) is 33.9 Å². The predicted molar refractivity (Wildman–Crippen MR) is 121 cm³/mol. The number of rotatable bonds is 5. The second-order valence-electron chi connectivity index (χ2n) is 7.80. The van der Waals surface area contributed by atoms with E-state index < -0.39 is 0 Å². The Morgan fingerprint density at radius 3 is 2.39 bits per heavy atom. The maximum atomic E-state index is 13.0. The zero-order chi connectivity index (χ0) is 22.8. The molecule has 33 heavy (non-hydrogen) atoms. The first-order chi connectivity index (χ1) is 16.1. The molecule has 168 valence electrons. The Hall–Kier alpha value is -3.78. The largest absolute Gasteiger partial charge is 0.463 e. The van der Waals surface area contributed by atoms with Gasteiger partial charge in [-0.1, -0.05) is 11.6 Å². The number of aromatic nitrogens is 2. The fraction of sp³-hybridized carbons (Fsp3) is 0.208. The molecule has 0 spiro atoms. The van der Waals surface area contributed by atoms with Crippen LogP contribution in [0, 0.1) is 0 Å². The summed E-state index contributed by atoms with van der Waals surface area (Å²) in [5, 5.41) is 8.19. The zero-order valence-electron chi connectivity index (χ0n) is 17.6. The second-order valence-corrected chi connectivity index (χ2v) is 8.23. The minimum atomic E-state index is -0.272. The summed E-state index contributed by atoms with van der Waals surface area (Å²) in [7, 11) is 0. The highest BCUT2D eigenvalue weighted by atomic mass is 35.5. The quantitative estimate of drug-likeness (QED) is 0.472. The van der Waals surface area contributed by atoms with Crippen LogP contribution >= 0.6 is 11.6 Å². The van der Waals surface area contributed by atoms with Gasteiger partial charge in [-0.15, -0.1) is 0 Å². The molecule has 0 saturated carbocycles. The first-order valence-electron chi connectivity index (χ1n) is 10.6. The number of furan rings is 2. The first-order valence-corrected chi connectivity index (χ1v) is 11.0. The Bertz CT molecular complexity index is 1240. The minimum Gasteiger partial charge on any atom is -0.463 e. The van der Waals surface area contributed by atoms with E-state index in [0.717, 1.165) is 5.69 Å².